The minimum absolute atomic E-state index is 0.786. The first-order valence-corrected chi connectivity index (χ1v) is 8.61. The molecule has 6 nitrogen and oxygen atoms in total. The molecule has 1 aromatic rings. The third-order valence-electron chi connectivity index (χ3n) is 3.91. The first kappa shape index (κ1) is 13.5. The highest BCUT2D eigenvalue weighted by atomic mass is 79.9. The molecule has 21 heavy (non-hydrogen) atoms. The predicted octanol–water partition coefficient (Wildman–Crippen LogP) is 1.96. The number of anilines is 1. The van der Waals surface area contributed by atoms with Crippen LogP contribution >= 0.6 is 27.9 Å². The van der Waals surface area contributed by atoms with Gasteiger partial charge in [0.15, 0.2) is 17.5 Å². The van der Waals surface area contributed by atoms with Gasteiger partial charge in [-0.05, 0) is 41.0 Å². The standard InChI is InChI=1S/C13H15BrN6S/c1-18-2-4-19(5-3-18)12-13-17-21-8-20(13)10-6-9(14)7-15-11(10)16-12/h6-7H,2-5,8H2,1H3. The monoisotopic (exact) mass is 366 g/mol. The van der Waals surface area contributed by atoms with Crippen LogP contribution in [-0.2, 0) is 0 Å². The number of halogens is 1. The molecule has 3 aliphatic heterocycles. The van der Waals surface area contributed by atoms with Gasteiger partial charge in [-0.1, -0.05) is 0 Å². The van der Waals surface area contributed by atoms with E-state index in [9.17, 15) is 0 Å². The van der Waals surface area contributed by atoms with E-state index in [2.05, 4.69) is 53.1 Å². The molecule has 0 radical (unpaired) electrons. The van der Waals surface area contributed by atoms with Crippen LogP contribution in [0.3, 0.4) is 0 Å². The largest absolute Gasteiger partial charge is 0.351 e. The lowest BCUT2D eigenvalue weighted by atomic mass is 10.2. The van der Waals surface area contributed by atoms with Crippen LogP contribution in [-0.4, -0.2) is 65.6 Å². The fourth-order valence-corrected chi connectivity index (χ4v) is 3.75. The number of piperazine rings is 1. The van der Waals surface area contributed by atoms with Gasteiger partial charge in [-0.15, -0.1) is 0 Å². The molecule has 0 spiro atoms. The smallest absolute Gasteiger partial charge is 0.185 e. The zero-order valence-electron chi connectivity index (χ0n) is 11.7. The van der Waals surface area contributed by atoms with Gasteiger partial charge in [-0.2, -0.15) is 4.40 Å². The summed E-state index contributed by atoms with van der Waals surface area (Å²) in [5, 5.41) is 0. The van der Waals surface area contributed by atoms with Crippen LogP contribution in [0.1, 0.15) is 0 Å². The Morgan fingerprint density at radius 3 is 2.81 bits per heavy atom. The van der Waals surface area contributed by atoms with Crippen molar-refractivity contribution in [3.63, 3.8) is 0 Å². The number of hydrogen-bond acceptors (Lipinski definition) is 7. The Hall–Kier alpha value is -1.12. The molecule has 3 aliphatic rings. The highest BCUT2D eigenvalue weighted by molar-refractivity contribution is 9.10. The molecule has 1 fully saturated rings. The van der Waals surface area contributed by atoms with Gasteiger partial charge in [-0.3, -0.25) is 0 Å². The molecule has 0 aromatic carbocycles. The van der Waals surface area contributed by atoms with Crippen LogP contribution in [0.25, 0.3) is 0 Å². The maximum absolute atomic E-state index is 4.78. The quantitative estimate of drug-likeness (QED) is 0.656. The number of pyridine rings is 1. The SMILES string of the molecule is CN1CCN(C2=Nc3ncc(Br)cc3N3CSN=C23)CC1. The minimum Gasteiger partial charge on any atom is -0.351 e. The van der Waals surface area contributed by atoms with Gasteiger partial charge < -0.3 is 14.7 Å². The molecule has 0 amide bonds. The van der Waals surface area contributed by atoms with Crippen molar-refractivity contribution in [1.29, 1.82) is 0 Å². The van der Waals surface area contributed by atoms with Gasteiger partial charge in [0, 0.05) is 36.8 Å². The molecule has 1 aromatic heterocycles. The first-order chi connectivity index (χ1) is 10.2. The summed E-state index contributed by atoms with van der Waals surface area (Å²) in [6, 6.07) is 2.06. The van der Waals surface area contributed by atoms with Gasteiger partial charge in [0.25, 0.3) is 0 Å². The van der Waals surface area contributed by atoms with E-state index < -0.39 is 0 Å². The molecular weight excluding hydrogens is 352 g/mol. The molecule has 0 atom stereocenters. The summed E-state index contributed by atoms with van der Waals surface area (Å²) in [6.45, 7) is 4.08. The second-order valence-electron chi connectivity index (χ2n) is 5.32. The lowest BCUT2D eigenvalue weighted by molar-refractivity contribution is 0.217. The minimum atomic E-state index is 0.786. The number of amidine groups is 2. The topological polar surface area (TPSA) is 47.3 Å². The summed E-state index contributed by atoms with van der Waals surface area (Å²) >= 11 is 5.06. The molecule has 0 bridgehead atoms. The van der Waals surface area contributed by atoms with Gasteiger partial charge in [-0.25, -0.2) is 9.98 Å². The van der Waals surface area contributed by atoms with Gasteiger partial charge in [0.05, 0.1) is 11.6 Å². The Morgan fingerprint density at radius 2 is 2.00 bits per heavy atom. The Kier molecular flexibility index (Phi) is 3.39. The number of aliphatic imine (C=N–C) groups is 1. The molecule has 0 N–H and O–H groups in total. The number of rotatable bonds is 0. The lowest BCUT2D eigenvalue weighted by Crippen LogP contribution is -2.52. The fourth-order valence-electron chi connectivity index (χ4n) is 2.69. The summed E-state index contributed by atoms with van der Waals surface area (Å²) in [5.41, 5.74) is 1.03. The number of aromatic nitrogens is 1. The average molecular weight is 367 g/mol. The second-order valence-corrected chi connectivity index (χ2v) is 6.94. The van der Waals surface area contributed by atoms with Crippen molar-refractivity contribution < 1.29 is 0 Å². The summed E-state index contributed by atoms with van der Waals surface area (Å²) in [6.07, 6.45) is 1.80. The van der Waals surface area contributed by atoms with Crippen molar-refractivity contribution in [2.75, 3.05) is 44.0 Å². The van der Waals surface area contributed by atoms with E-state index in [4.69, 9.17) is 4.99 Å². The van der Waals surface area contributed by atoms with Crippen LogP contribution in [0.2, 0.25) is 0 Å². The van der Waals surface area contributed by atoms with Crippen molar-refractivity contribution >= 4 is 51.1 Å². The first-order valence-electron chi connectivity index (χ1n) is 6.88. The van der Waals surface area contributed by atoms with E-state index in [0.29, 0.717) is 0 Å². The van der Waals surface area contributed by atoms with E-state index in [0.717, 1.165) is 59.7 Å². The zero-order valence-corrected chi connectivity index (χ0v) is 14.1. The lowest BCUT2D eigenvalue weighted by Gasteiger charge is -2.37. The Labute approximate surface area is 136 Å². The van der Waals surface area contributed by atoms with E-state index in [1.54, 1.807) is 18.1 Å². The predicted molar refractivity (Wildman–Crippen MR) is 90.5 cm³/mol. The van der Waals surface area contributed by atoms with Crippen LogP contribution in [0.4, 0.5) is 11.5 Å². The van der Waals surface area contributed by atoms with Gasteiger partial charge >= 0.3 is 0 Å². The van der Waals surface area contributed by atoms with Crippen LogP contribution in [0.5, 0.6) is 0 Å². The number of likely N-dealkylation sites (N-methyl/N-ethyl adjacent to an activating group) is 1. The summed E-state index contributed by atoms with van der Waals surface area (Å²) in [7, 11) is 2.16. The van der Waals surface area contributed by atoms with Crippen LogP contribution in [0, 0.1) is 0 Å². The summed E-state index contributed by atoms with van der Waals surface area (Å²) in [5.74, 6) is 3.55. The molecule has 1 saturated heterocycles. The van der Waals surface area contributed by atoms with Crippen molar-refractivity contribution in [2.45, 2.75) is 0 Å². The number of hydrogen-bond donors (Lipinski definition) is 0. The van der Waals surface area contributed by atoms with Gasteiger partial charge in [0.2, 0.25) is 0 Å². The molecule has 0 unspecified atom stereocenters. The normalized spacial score (nSPS) is 21.8. The van der Waals surface area contributed by atoms with Gasteiger partial charge in [0.1, 0.15) is 0 Å². The number of fused-ring (bicyclic) bond motifs is 3. The Bertz CT molecular complexity index is 638. The zero-order chi connectivity index (χ0) is 14.4. The maximum atomic E-state index is 4.78. The van der Waals surface area contributed by atoms with Crippen molar-refractivity contribution in [3.8, 4) is 0 Å². The third-order valence-corrected chi connectivity index (χ3v) is 5.02. The van der Waals surface area contributed by atoms with Crippen molar-refractivity contribution in [1.82, 2.24) is 14.8 Å². The third kappa shape index (κ3) is 2.35. The van der Waals surface area contributed by atoms with Crippen LogP contribution < -0.4 is 4.90 Å². The van der Waals surface area contributed by atoms with Crippen LogP contribution in [0.15, 0.2) is 26.1 Å². The van der Waals surface area contributed by atoms with E-state index in [-0.39, 0.29) is 0 Å². The van der Waals surface area contributed by atoms with E-state index >= 15 is 0 Å². The summed E-state index contributed by atoms with van der Waals surface area (Å²) in [4.78, 5) is 16.1. The summed E-state index contributed by atoms with van der Waals surface area (Å²) < 4.78 is 5.56. The van der Waals surface area contributed by atoms with E-state index in [1.165, 1.54) is 0 Å². The Balaban J connectivity index is 1.74. The van der Waals surface area contributed by atoms with E-state index in [1.807, 2.05) is 0 Å². The molecular formula is C13H15BrN6S. The second kappa shape index (κ2) is 5.26. The van der Waals surface area contributed by atoms with Crippen molar-refractivity contribution in [3.05, 3.63) is 16.7 Å². The molecule has 110 valence electrons. The highest BCUT2D eigenvalue weighted by Crippen LogP contribution is 2.37. The molecule has 4 heterocycles. The molecule has 8 heteroatoms. The number of nitrogens with zero attached hydrogens (tertiary/aromatic N) is 6. The van der Waals surface area contributed by atoms with Crippen molar-refractivity contribution in [2.24, 2.45) is 9.39 Å². The Morgan fingerprint density at radius 1 is 1.19 bits per heavy atom. The molecule has 0 saturated carbocycles. The fraction of sp³-hybridized carbons (Fsp3) is 0.462. The average Bonchev–Trinajstić information content (AvgIpc) is 2.97. The maximum Gasteiger partial charge on any atom is 0.185 e. The highest BCUT2D eigenvalue weighted by Gasteiger charge is 2.34. The molecule has 0 aliphatic carbocycles. The molecule has 4 rings (SSSR count).